The molecule has 130 valence electrons. The second kappa shape index (κ2) is 6.43. The normalized spacial score (nSPS) is 23.7. The van der Waals surface area contributed by atoms with Gasteiger partial charge in [0.1, 0.15) is 5.75 Å². The minimum atomic E-state index is -0.851. The topological polar surface area (TPSA) is 70.1 Å². The summed E-state index contributed by atoms with van der Waals surface area (Å²) in [7, 11) is 3.40. The summed E-state index contributed by atoms with van der Waals surface area (Å²) in [5.41, 5.74) is 0.691. The minimum absolute atomic E-state index is 0.0500. The summed E-state index contributed by atoms with van der Waals surface area (Å²) in [5, 5.41) is 9.51. The van der Waals surface area contributed by atoms with Crippen molar-refractivity contribution < 1.29 is 19.4 Å². The molecule has 2 fully saturated rings. The zero-order valence-electron chi connectivity index (χ0n) is 14.2. The maximum absolute atomic E-state index is 12.0. The number of carboxylic acids is 1. The number of methoxy groups -OCH3 is 1. The van der Waals surface area contributed by atoms with E-state index < -0.39 is 17.4 Å². The van der Waals surface area contributed by atoms with Crippen LogP contribution >= 0.6 is 0 Å². The van der Waals surface area contributed by atoms with Gasteiger partial charge in [-0.2, -0.15) is 0 Å². The first kappa shape index (κ1) is 16.8. The number of rotatable bonds is 4. The molecule has 0 unspecified atom stereocenters. The molecule has 0 radical (unpaired) electrons. The third kappa shape index (κ3) is 2.86. The molecule has 0 bridgehead atoms. The smallest absolute Gasteiger partial charge is 0.309 e. The summed E-state index contributed by atoms with van der Waals surface area (Å²) in [6, 6.07) is 8.00. The number of carbonyl (C=O) groups excluding carboxylic acids is 1. The molecule has 6 nitrogen and oxygen atoms in total. The summed E-state index contributed by atoms with van der Waals surface area (Å²) in [4.78, 5) is 27.6. The minimum Gasteiger partial charge on any atom is -0.497 e. The third-order valence-corrected chi connectivity index (χ3v) is 5.65. The Balaban J connectivity index is 1.66. The highest BCUT2D eigenvalue weighted by Gasteiger charge is 2.55. The number of carboxylic acid groups (broad SMARTS) is 1. The first-order valence-corrected chi connectivity index (χ1v) is 8.31. The molecule has 24 heavy (non-hydrogen) atoms. The number of piperidine rings is 1. The van der Waals surface area contributed by atoms with E-state index in [0.717, 1.165) is 25.4 Å². The summed E-state index contributed by atoms with van der Waals surface area (Å²) < 4.78 is 5.17. The highest BCUT2D eigenvalue weighted by Crippen LogP contribution is 2.43. The van der Waals surface area contributed by atoms with Crippen LogP contribution in [0.5, 0.6) is 5.75 Å². The standard InChI is InChI=1S/C18H24N2O4/c1-19-16(21)11-15(17(22)23)18(19)7-9-20(10-8-18)12-13-3-5-14(24-2)6-4-13/h3-6,15H,7-12H2,1-2H3,(H,22,23)/t15-/m0/s1. The van der Waals surface area contributed by atoms with Gasteiger partial charge in [-0.3, -0.25) is 14.5 Å². The van der Waals surface area contributed by atoms with Crippen LogP contribution in [0.1, 0.15) is 24.8 Å². The number of ether oxygens (including phenoxy) is 1. The maximum Gasteiger partial charge on any atom is 0.309 e. The molecule has 2 saturated heterocycles. The van der Waals surface area contributed by atoms with Crippen molar-refractivity contribution in [3.63, 3.8) is 0 Å². The van der Waals surface area contributed by atoms with Gasteiger partial charge < -0.3 is 14.7 Å². The van der Waals surface area contributed by atoms with E-state index in [0.29, 0.717) is 12.8 Å². The monoisotopic (exact) mass is 332 g/mol. The summed E-state index contributed by atoms with van der Waals surface area (Å²) in [6.45, 7) is 2.43. The lowest BCUT2D eigenvalue weighted by Crippen LogP contribution is -2.55. The molecule has 0 aromatic heterocycles. The van der Waals surface area contributed by atoms with Crippen LogP contribution in [0, 0.1) is 5.92 Å². The van der Waals surface area contributed by atoms with Crippen LogP contribution in [-0.4, -0.2) is 59.6 Å². The summed E-state index contributed by atoms with van der Waals surface area (Å²) in [6.07, 6.45) is 1.55. The largest absolute Gasteiger partial charge is 0.497 e. The first-order valence-electron chi connectivity index (χ1n) is 8.31. The van der Waals surface area contributed by atoms with Gasteiger partial charge in [-0.1, -0.05) is 12.1 Å². The molecule has 0 saturated carbocycles. The van der Waals surface area contributed by atoms with Gasteiger partial charge in [-0.05, 0) is 30.5 Å². The molecular formula is C18H24N2O4. The molecule has 1 amide bonds. The molecule has 2 aliphatic rings. The number of nitrogens with zero attached hydrogens (tertiary/aromatic N) is 2. The predicted molar refractivity (Wildman–Crippen MR) is 88.7 cm³/mol. The average Bonchev–Trinajstić information content (AvgIpc) is 2.83. The van der Waals surface area contributed by atoms with Gasteiger partial charge in [-0.15, -0.1) is 0 Å². The van der Waals surface area contributed by atoms with Crippen LogP contribution in [0.2, 0.25) is 0 Å². The van der Waals surface area contributed by atoms with E-state index >= 15 is 0 Å². The Morgan fingerprint density at radius 3 is 2.46 bits per heavy atom. The zero-order valence-corrected chi connectivity index (χ0v) is 14.2. The molecule has 1 aromatic carbocycles. The van der Waals surface area contributed by atoms with Gasteiger partial charge in [-0.25, -0.2) is 0 Å². The molecule has 1 aromatic rings. The van der Waals surface area contributed by atoms with Gasteiger partial charge in [0.2, 0.25) is 5.91 Å². The number of amides is 1. The highest BCUT2D eigenvalue weighted by molar-refractivity contribution is 5.88. The van der Waals surface area contributed by atoms with Gasteiger partial charge in [0.15, 0.2) is 0 Å². The number of hydrogen-bond donors (Lipinski definition) is 1. The van der Waals surface area contributed by atoms with E-state index in [1.54, 1.807) is 19.1 Å². The SMILES string of the molecule is COc1ccc(CN2CCC3(CC2)[C@H](C(=O)O)CC(=O)N3C)cc1. The Labute approximate surface area is 142 Å². The van der Waals surface area contributed by atoms with Gasteiger partial charge in [0, 0.05) is 33.1 Å². The fourth-order valence-corrected chi connectivity index (χ4v) is 4.07. The maximum atomic E-state index is 12.0. The fraction of sp³-hybridized carbons (Fsp3) is 0.556. The van der Waals surface area contributed by atoms with E-state index in [2.05, 4.69) is 17.0 Å². The molecule has 3 rings (SSSR count). The zero-order chi connectivity index (χ0) is 17.3. The highest BCUT2D eigenvalue weighted by atomic mass is 16.5. The second-order valence-corrected chi connectivity index (χ2v) is 6.78. The Bertz CT molecular complexity index is 620. The number of carbonyl (C=O) groups is 2. The van der Waals surface area contributed by atoms with Crippen molar-refractivity contribution in [2.24, 2.45) is 5.92 Å². The Kier molecular flexibility index (Phi) is 4.49. The lowest BCUT2D eigenvalue weighted by atomic mass is 9.77. The quantitative estimate of drug-likeness (QED) is 0.907. The molecule has 0 aliphatic carbocycles. The van der Waals surface area contributed by atoms with Gasteiger partial charge >= 0.3 is 5.97 Å². The lowest BCUT2D eigenvalue weighted by molar-refractivity contribution is -0.146. The van der Waals surface area contributed by atoms with Gasteiger partial charge in [0.25, 0.3) is 0 Å². The van der Waals surface area contributed by atoms with Crippen molar-refractivity contribution in [3.05, 3.63) is 29.8 Å². The van der Waals surface area contributed by atoms with Crippen molar-refractivity contribution >= 4 is 11.9 Å². The predicted octanol–water partition coefficient (Wildman–Crippen LogP) is 1.59. The van der Waals surface area contributed by atoms with Crippen molar-refractivity contribution in [1.29, 1.82) is 0 Å². The van der Waals surface area contributed by atoms with Crippen LogP contribution in [-0.2, 0) is 16.1 Å². The number of hydrogen-bond acceptors (Lipinski definition) is 4. The van der Waals surface area contributed by atoms with E-state index in [-0.39, 0.29) is 12.3 Å². The van der Waals surface area contributed by atoms with E-state index in [9.17, 15) is 14.7 Å². The van der Waals surface area contributed by atoms with Crippen LogP contribution < -0.4 is 4.74 Å². The van der Waals surface area contributed by atoms with E-state index in [1.165, 1.54) is 5.56 Å². The average molecular weight is 332 g/mol. The Morgan fingerprint density at radius 2 is 1.92 bits per heavy atom. The van der Waals surface area contributed by atoms with E-state index in [1.807, 2.05) is 12.1 Å². The Morgan fingerprint density at radius 1 is 1.29 bits per heavy atom. The van der Waals surface area contributed by atoms with Gasteiger partial charge in [0.05, 0.1) is 18.6 Å². The van der Waals surface area contributed by atoms with E-state index in [4.69, 9.17) is 4.74 Å². The van der Waals surface area contributed by atoms with Crippen molar-refractivity contribution in [3.8, 4) is 5.75 Å². The first-order chi connectivity index (χ1) is 11.5. The molecule has 6 heteroatoms. The van der Waals surface area contributed by atoms with Crippen molar-refractivity contribution in [2.45, 2.75) is 31.3 Å². The fourth-order valence-electron chi connectivity index (χ4n) is 4.07. The number of aliphatic carboxylic acids is 1. The number of benzene rings is 1. The molecule has 1 spiro atoms. The number of likely N-dealkylation sites (tertiary alicyclic amines) is 2. The van der Waals surface area contributed by atoms with Crippen molar-refractivity contribution in [2.75, 3.05) is 27.2 Å². The van der Waals surface area contributed by atoms with Crippen LogP contribution in [0.3, 0.4) is 0 Å². The summed E-state index contributed by atoms with van der Waals surface area (Å²) >= 11 is 0. The second-order valence-electron chi connectivity index (χ2n) is 6.78. The molecule has 1 N–H and O–H groups in total. The summed E-state index contributed by atoms with van der Waals surface area (Å²) in [5.74, 6) is -0.646. The lowest BCUT2D eigenvalue weighted by Gasteiger charge is -2.45. The molecule has 1 atom stereocenters. The molecular weight excluding hydrogens is 308 g/mol. The Hall–Kier alpha value is -2.08. The molecule has 2 aliphatic heterocycles. The van der Waals surface area contributed by atoms with Crippen LogP contribution in [0.15, 0.2) is 24.3 Å². The molecule has 2 heterocycles. The van der Waals surface area contributed by atoms with Crippen molar-refractivity contribution in [1.82, 2.24) is 9.80 Å². The third-order valence-electron chi connectivity index (χ3n) is 5.65. The van der Waals surface area contributed by atoms with Crippen LogP contribution in [0.25, 0.3) is 0 Å². The van der Waals surface area contributed by atoms with Crippen LogP contribution in [0.4, 0.5) is 0 Å².